The normalized spacial score (nSPS) is 19.4. The Morgan fingerprint density at radius 3 is 1.75 bits per heavy atom. The number of nitrogens with zero attached hydrogens (tertiary/aromatic N) is 1. The summed E-state index contributed by atoms with van der Waals surface area (Å²) in [6.45, 7) is 5.84. The predicted molar refractivity (Wildman–Crippen MR) is 34.3 cm³/mol. The van der Waals surface area contributed by atoms with Gasteiger partial charge in [-0.1, -0.05) is 32.6 Å². The van der Waals surface area contributed by atoms with Gasteiger partial charge in [-0.25, -0.2) is 5.26 Å². The maximum Gasteiger partial charge on any atom is 0.0462 e. The highest BCUT2D eigenvalue weighted by molar-refractivity contribution is 4.60. The lowest BCUT2D eigenvalue weighted by molar-refractivity contribution is 0.612. The zero-order valence-electron chi connectivity index (χ0n) is 5.43. The first-order valence-electron chi connectivity index (χ1n) is 3.15. The van der Waals surface area contributed by atoms with Crippen LogP contribution in [0.15, 0.2) is 0 Å². The van der Waals surface area contributed by atoms with Crippen molar-refractivity contribution in [2.75, 3.05) is 0 Å². The van der Waals surface area contributed by atoms with Crippen molar-refractivity contribution in [1.82, 2.24) is 0 Å². The van der Waals surface area contributed by atoms with Crippen LogP contribution in [-0.2, 0) is 0 Å². The van der Waals surface area contributed by atoms with Crippen LogP contribution in [-0.4, -0.2) is 0 Å². The molecular weight excluding hydrogens is 98.1 g/mol. The monoisotopic (exact) mass is 111 g/mol. The first-order chi connectivity index (χ1) is 3.89. The van der Waals surface area contributed by atoms with E-state index in [1.165, 1.54) is 25.7 Å². The fraction of sp³-hybridized carbons (Fsp3) is 0.857. The fourth-order valence-electron chi connectivity index (χ4n) is 1.13. The first-order valence-corrected chi connectivity index (χ1v) is 3.15. The molecule has 0 radical (unpaired) electrons. The van der Waals surface area contributed by atoms with Crippen molar-refractivity contribution in [1.29, 1.82) is 5.26 Å². The molecule has 1 aliphatic rings. The molecule has 0 unspecified atom stereocenters. The molecule has 8 heavy (non-hydrogen) atoms. The van der Waals surface area contributed by atoms with Crippen molar-refractivity contribution in [3.05, 3.63) is 0 Å². The molecule has 0 spiro atoms. The molecule has 0 aromatic carbocycles. The highest BCUT2D eigenvalue weighted by Crippen LogP contribution is 2.22. The molecule has 0 bridgehead atoms. The summed E-state index contributed by atoms with van der Waals surface area (Å²) in [5, 5.41) is 6.50. The van der Waals surface area contributed by atoms with Gasteiger partial charge in [-0.05, 0) is 5.92 Å². The van der Waals surface area contributed by atoms with Crippen molar-refractivity contribution in [3.8, 4) is 6.57 Å². The van der Waals surface area contributed by atoms with Gasteiger partial charge in [-0.2, -0.15) is 0 Å². The van der Waals surface area contributed by atoms with E-state index in [4.69, 9.17) is 5.26 Å². The van der Waals surface area contributed by atoms with Gasteiger partial charge < -0.3 is 0 Å². The molecule has 1 nitrogen and oxygen atoms in total. The molecule has 0 aromatic heterocycles. The lowest BCUT2D eigenvalue weighted by atomic mass is 10.2. The maximum atomic E-state index is 6.50. The average molecular weight is 111 g/mol. The summed E-state index contributed by atoms with van der Waals surface area (Å²) < 4.78 is 0. The van der Waals surface area contributed by atoms with E-state index in [1.807, 2.05) is 0 Å². The van der Waals surface area contributed by atoms with Crippen LogP contribution in [0.2, 0.25) is 0 Å². The molecule has 1 aliphatic carbocycles. The molecule has 0 aliphatic heterocycles. The van der Waals surface area contributed by atoms with Gasteiger partial charge in [-0.15, -0.1) is 0 Å². The molecule has 1 rings (SSSR count). The van der Waals surface area contributed by atoms with Crippen LogP contribution >= 0.6 is 0 Å². The second-order valence-electron chi connectivity index (χ2n) is 2.39. The zero-order chi connectivity index (χ0) is 6.41. The van der Waals surface area contributed by atoms with E-state index < -0.39 is 0 Å². The smallest absolute Gasteiger partial charge is 0.0462 e. The second kappa shape index (κ2) is 4.64. The van der Waals surface area contributed by atoms with Gasteiger partial charge in [0.05, 0.1) is 0 Å². The van der Waals surface area contributed by atoms with Crippen LogP contribution in [0, 0.1) is 17.8 Å². The minimum absolute atomic E-state index is 1.05. The van der Waals surface area contributed by atoms with Gasteiger partial charge in [0, 0.05) is 6.57 Å². The molecule has 1 fully saturated rings. The third-order valence-electron chi connectivity index (χ3n) is 1.64. The van der Waals surface area contributed by atoms with Crippen molar-refractivity contribution in [2.24, 2.45) is 5.92 Å². The Morgan fingerprint density at radius 2 is 1.62 bits per heavy atom. The summed E-state index contributed by atoms with van der Waals surface area (Å²) in [5.74, 6) is 1.05. The van der Waals surface area contributed by atoms with Gasteiger partial charge in [0.15, 0.2) is 0 Å². The van der Waals surface area contributed by atoms with E-state index >= 15 is 0 Å². The lowest BCUT2D eigenvalue weighted by Gasteiger charge is -1.91. The van der Waals surface area contributed by atoms with Gasteiger partial charge in [-0.3, -0.25) is 0 Å². The van der Waals surface area contributed by atoms with Gasteiger partial charge >= 0.3 is 0 Å². The fourth-order valence-corrected chi connectivity index (χ4v) is 1.13. The summed E-state index contributed by atoms with van der Waals surface area (Å²) >= 11 is 0. The number of rotatable bonds is 0. The minimum atomic E-state index is 1.05. The molecule has 0 amide bonds. The van der Waals surface area contributed by atoms with E-state index in [1.54, 1.807) is 0 Å². The van der Waals surface area contributed by atoms with Crippen molar-refractivity contribution >= 4 is 0 Å². The van der Waals surface area contributed by atoms with Gasteiger partial charge in [0.1, 0.15) is 0 Å². The predicted octanol–water partition coefficient (Wildman–Crippen LogP) is 2.34. The summed E-state index contributed by atoms with van der Waals surface area (Å²) in [6, 6.07) is 0. The molecule has 0 saturated heterocycles. The van der Waals surface area contributed by atoms with Crippen LogP contribution in [0.1, 0.15) is 32.6 Å². The SMILES string of the molecule is C#N.CC1CCCC1. The van der Waals surface area contributed by atoms with Crippen molar-refractivity contribution in [2.45, 2.75) is 32.6 Å². The summed E-state index contributed by atoms with van der Waals surface area (Å²) in [5.41, 5.74) is 0. The Morgan fingerprint density at radius 1 is 1.25 bits per heavy atom. The van der Waals surface area contributed by atoms with Crippen LogP contribution in [0.5, 0.6) is 0 Å². The standard InChI is InChI=1S/C6H12.CHN/c1-6-4-2-3-5-6;1-2/h6H,2-5H2,1H3;1H. The number of nitriles is 1. The van der Waals surface area contributed by atoms with E-state index in [9.17, 15) is 0 Å². The van der Waals surface area contributed by atoms with Crippen molar-refractivity contribution < 1.29 is 0 Å². The van der Waals surface area contributed by atoms with Crippen LogP contribution in [0.4, 0.5) is 0 Å². The van der Waals surface area contributed by atoms with Crippen LogP contribution in [0.3, 0.4) is 0 Å². The van der Waals surface area contributed by atoms with Gasteiger partial charge in [0.25, 0.3) is 0 Å². The quantitative estimate of drug-likeness (QED) is 0.470. The summed E-state index contributed by atoms with van der Waals surface area (Å²) in [4.78, 5) is 0. The Kier molecular flexibility index (Phi) is 4.35. The maximum absolute atomic E-state index is 6.50. The highest BCUT2D eigenvalue weighted by atomic mass is 14.2. The Labute approximate surface area is 51.3 Å². The molecule has 0 heterocycles. The van der Waals surface area contributed by atoms with Crippen molar-refractivity contribution in [3.63, 3.8) is 0 Å². The Hall–Kier alpha value is -0.510. The van der Waals surface area contributed by atoms with Gasteiger partial charge in [0.2, 0.25) is 0 Å². The van der Waals surface area contributed by atoms with E-state index in [-0.39, 0.29) is 0 Å². The highest BCUT2D eigenvalue weighted by Gasteiger charge is 2.07. The third-order valence-corrected chi connectivity index (χ3v) is 1.64. The van der Waals surface area contributed by atoms with Crippen LogP contribution in [0.25, 0.3) is 0 Å². The topological polar surface area (TPSA) is 23.8 Å². The minimum Gasteiger partial charge on any atom is -0.202 e. The molecular formula is C7H13N. The molecule has 1 saturated carbocycles. The number of hydrogen-bond acceptors (Lipinski definition) is 1. The molecule has 0 N–H and O–H groups in total. The largest absolute Gasteiger partial charge is 0.202 e. The molecule has 1 heteroatoms. The van der Waals surface area contributed by atoms with E-state index in [0.717, 1.165) is 5.92 Å². The Bertz CT molecular complexity index is 60.0. The molecule has 46 valence electrons. The average Bonchev–Trinajstić information content (AvgIpc) is 2.24. The van der Waals surface area contributed by atoms with E-state index in [0.29, 0.717) is 0 Å². The summed E-state index contributed by atoms with van der Waals surface area (Å²) in [7, 11) is 0. The lowest BCUT2D eigenvalue weighted by Crippen LogP contribution is -1.78. The van der Waals surface area contributed by atoms with E-state index in [2.05, 4.69) is 13.5 Å². The second-order valence-corrected chi connectivity index (χ2v) is 2.39. The molecule has 0 atom stereocenters. The zero-order valence-corrected chi connectivity index (χ0v) is 5.43. The summed E-state index contributed by atoms with van der Waals surface area (Å²) in [6.07, 6.45) is 5.95. The van der Waals surface area contributed by atoms with Crippen LogP contribution < -0.4 is 0 Å². The Balaban J connectivity index is 0.000000222. The molecule has 0 aromatic rings. The third kappa shape index (κ3) is 2.63. The number of hydrogen-bond donors (Lipinski definition) is 0. The first kappa shape index (κ1) is 7.49.